The van der Waals surface area contributed by atoms with Gasteiger partial charge in [0.05, 0.1) is 6.61 Å². The van der Waals surface area contributed by atoms with Gasteiger partial charge < -0.3 is 4.74 Å². The van der Waals surface area contributed by atoms with E-state index in [1.807, 2.05) is 12.1 Å². The van der Waals surface area contributed by atoms with Gasteiger partial charge in [-0.05, 0) is 37.8 Å². The van der Waals surface area contributed by atoms with E-state index in [-0.39, 0.29) is 0 Å². The molecule has 0 amide bonds. The molecule has 0 atom stereocenters. The second kappa shape index (κ2) is 4.96. The lowest BCUT2D eigenvalue weighted by atomic mass is 10.2. The minimum Gasteiger partial charge on any atom is -0.493 e. The molecular weight excluding hydrogens is 298 g/mol. The lowest BCUT2D eigenvalue weighted by Gasteiger charge is -2.08. The molecule has 0 saturated carbocycles. The Kier molecular flexibility index (Phi) is 4.19. The minimum absolute atomic E-state index is 0.533. The zero-order valence-corrected chi connectivity index (χ0v) is 10.7. The third kappa shape index (κ3) is 4.09. The van der Waals surface area contributed by atoms with Crippen molar-refractivity contribution in [2.45, 2.75) is 13.8 Å². The van der Waals surface area contributed by atoms with Gasteiger partial charge in [-0.2, -0.15) is 0 Å². The van der Waals surface area contributed by atoms with Crippen molar-refractivity contribution in [1.29, 1.82) is 0 Å². The van der Waals surface area contributed by atoms with Gasteiger partial charge in [0.15, 0.2) is 0 Å². The van der Waals surface area contributed by atoms with E-state index in [4.69, 9.17) is 4.74 Å². The highest BCUT2D eigenvalue weighted by atomic mass is 79.9. The summed E-state index contributed by atoms with van der Waals surface area (Å²) in [4.78, 5) is 4.11. The molecule has 0 aromatic carbocycles. The number of hydrogen-bond acceptors (Lipinski definition) is 2. The van der Waals surface area contributed by atoms with Gasteiger partial charge in [0.2, 0.25) is 0 Å². The Morgan fingerprint density at radius 3 is 2.31 bits per heavy atom. The zero-order chi connectivity index (χ0) is 9.84. The number of pyridine rings is 1. The summed E-state index contributed by atoms with van der Waals surface area (Å²) < 4.78 is 7.09. The number of ether oxygens (including phenoxy) is 1. The highest BCUT2D eigenvalue weighted by Crippen LogP contribution is 2.21. The maximum absolute atomic E-state index is 5.53. The Labute approximate surface area is 95.0 Å². The van der Waals surface area contributed by atoms with E-state index in [1.165, 1.54) is 0 Å². The Hall–Kier alpha value is -0.0900. The van der Waals surface area contributed by atoms with Crippen molar-refractivity contribution in [1.82, 2.24) is 4.98 Å². The Morgan fingerprint density at radius 2 is 1.85 bits per heavy atom. The molecule has 0 spiro atoms. The van der Waals surface area contributed by atoms with Crippen molar-refractivity contribution in [3.8, 4) is 5.75 Å². The SMILES string of the molecule is CC(C)COc1cc(Br)nc(Br)c1. The van der Waals surface area contributed by atoms with Crippen molar-refractivity contribution in [3.63, 3.8) is 0 Å². The van der Waals surface area contributed by atoms with Gasteiger partial charge in [0.1, 0.15) is 15.0 Å². The molecule has 0 aliphatic carbocycles. The maximum atomic E-state index is 5.53. The largest absolute Gasteiger partial charge is 0.493 e. The molecule has 0 aliphatic heterocycles. The molecule has 0 saturated heterocycles. The van der Waals surface area contributed by atoms with Crippen LogP contribution >= 0.6 is 31.9 Å². The fourth-order valence-corrected chi connectivity index (χ4v) is 1.86. The van der Waals surface area contributed by atoms with Gasteiger partial charge in [-0.15, -0.1) is 0 Å². The molecule has 4 heteroatoms. The monoisotopic (exact) mass is 307 g/mol. The number of aromatic nitrogens is 1. The molecular formula is C9H11Br2NO. The van der Waals surface area contributed by atoms with E-state index in [0.717, 1.165) is 21.6 Å². The van der Waals surface area contributed by atoms with Crippen LogP contribution in [0.15, 0.2) is 21.3 Å². The second-order valence-electron chi connectivity index (χ2n) is 3.15. The summed E-state index contributed by atoms with van der Waals surface area (Å²) in [6, 6.07) is 3.71. The Bertz CT molecular complexity index is 269. The summed E-state index contributed by atoms with van der Waals surface area (Å²) in [6.45, 7) is 4.96. The highest BCUT2D eigenvalue weighted by Gasteiger charge is 2.00. The summed E-state index contributed by atoms with van der Waals surface area (Å²) >= 11 is 6.60. The summed E-state index contributed by atoms with van der Waals surface area (Å²) in [5.41, 5.74) is 0. The second-order valence-corrected chi connectivity index (χ2v) is 4.78. The van der Waals surface area contributed by atoms with Crippen LogP contribution in [0.3, 0.4) is 0 Å². The maximum Gasteiger partial charge on any atom is 0.124 e. The number of nitrogens with zero attached hydrogens (tertiary/aromatic N) is 1. The van der Waals surface area contributed by atoms with Crippen molar-refractivity contribution in [3.05, 3.63) is 21.3 Å². The van der Waals surface area contributed by atoms with Crippen LogP contribution in [0.1, 0.15) is 13.8 Å². The van der Waals surface area contributed by atoms with Crippen LogP contribution in [0.5, 0.6) is 5.75 Å². The molecule has 1 heterocycles. The summed E-state index contributed by atoms with van der Waals surface area (Å²) in [5, 5.41) is 0. The highest BCUT2D eigenvalue weighted by molar-refractivity contribution is 9.11. The molecule has 1 rings (SSSR count). The van der Waals surface area contributed by atoms with E-state index < -0.39 is 0 Å². The van der Waals surface area contributed by atoms with E-state index in [2.05, 4.69) is 50.7 Å². The van der Waals surface area contributed by atoms with Gasteiger partial charge in [-0.3, -0.25) is 0 Å². The van der Waals surface area contributed by atoms with Crippen molar-refractivity contribution in [2.24, 2.45) is 5.92 Å². The molecule has 0 unspecified atom stereocenters. The van der Waals surface area contributed by atoms with Crippen LogP contribution in [0.2, 0.25) is 0 Å². The molecule has 1 aromatic rings. The van der Waals surface area contributed by atoms with Gasteiger partial charge >= 0.3 is 0 Å². The van der Waals surface area contributed by atoms with E-state index in [0.29, 0.717) is 5.92 Å². The standard InChI is InChI=1S/C9H11Br2NO/c1-6(2)5-13-7-3-8(10)12-9(11)4-7/h3-4,6H,5H2,1-2H3. The lowest BCUT2D eigenvalue weighted by molar-refractivity contribution is 0.270. The lowest BCUT2D eigenvalue weighted by Crippen LogP contribution is -2.04. The van der Waals surface area contributed by atoms with Gasteiger partial charge in [0.25, 0.3) is 0 Å². The topological polar surface area (TPSA) is 22.1 Å². The van der Waals surface area contributed by atoms with Crippen LogP contribution in [-0.4, -0.2) is 11.6 Å². The van der Waals surface area contributed by atoms with E-state index in [1.54, 1.807) is 0 Å². The molecule has 2 nitrogen and oxygen atoms in total. The quantitative estimate of drug-likeness (QED) is 0.795. The molecule has 0 fully saturated rings. The number of halogens is 2. The fraction of sp³-hybridized carbons (Fsp3) is 0.444. The fourth-order valence-electron chi connectivity index (χ4n) is 0.789. The third-order valence-electron chi connectivity index (χ3n) is 1.32. The molecule has 0 aliphatic rings. The van der Waals surface area contributed by atoms with Gasteiger partial charge in [0, 0.05) is 12.1 Å². The third-order valence-corrected chi connectivity index (χ3v) is 2.13. The predicted molar refractivity (Wildman–Crippen MR) is 60.0 cm³/mol. The number of hydrogen-bond donors (Lipinski definition) is 0. The smallest absolute Gasteiger partial charge is 0.124 e. The molecule has 0 N–H and O–H groups in total. The first-order valence-corrected chi connectivity index (χ1v) is 5.62. The van der Waals surface area contributed by atoms with Crippen molar-refractivity contribution in [2.75, 3.05) is 6.61 Å². The molecule has 72 valence electrons. The summed E-state index contributed by atoms with van der Waals surface area (Å²) in [5.74, 6) is 1.37. The normalized spacial score (nSPS) is 10.5. The molecule has 1 aromatic heterocycles. The minimum atomic E-state index is 0.533. The first-order chi connectivity index (χ1) is 6.08. The molecule has 13 heavy (non-hydrogen) atoms. The van der Waals surface area contributed by atoms with Crippen LogP contribution in [-0.2, 0) is 0 Å². The number of rotatable bonds is 3. The van der Waals surface area contributed by atoms with Crippen LogP contribution < -0.4 is 4.74 Å². The zero-order valence-electron chi connectivity index (χ0n) is 7.55. The van der Waals surface area contributed by atoms with Crippen molar-refractivity contribution >= 4 is 31.9 Å². The van der Waals surface area contributed by atoms with E-state index in [9.17, 15) is 0 Å². The molecule has 0 radical (unpaired) electrons. The Balaban J connectivity index is 2.66. The van der Waals surface area contributed by atoms with Crippen LogP contribution in [0.4, 0.5) is 0 Å². The van der Waals surface area contributed by atoms with E-state index >= 15 is 0 Å². The first kappa shape index (κ1) is 11.0. The van der Waals surface area contributed by atoms with Gasteiger partial charge in [-0.25, -0.2) is 4.98 Å². The average molecular weight is 309 g/mol. The Morgan fingerprint density at radius 1 is 1.31 bits per heavy atom. The van der Waals surface area contributed by atoms with Crippen LogP contribution in [0, 0.1) is 5.92 Å². The predicted octanol–water partition coefficient (Wildman–Crippen LogP) is 3.64. The van der Waals surface area contributed by atoms with Crippen LogP contribution in [0.25, 0.3) is 0 Å². The first-order valence-electron chi connectivity index (χ1n) is 4.04. The van der Waals surface area contributed by atoms with Crippen molar-refractivity contribution < 1.29 is 4.74 Å². The summed E-state index contributed by atoms with van der Waals surface area (Å²) in [7, 11) is 0. The molecule has 0 bridgehead atoms. The van der Waals surface area contributed by atoms with Gasteiger partial charge in [-0.1, -0.05) is 13.8 Å². The summed E-state index contributed by atoms with van der Waals surface area (Å²) in [6.07, 6.45) is 0. The average Bonchev–Trinajstić information content (AvgIpc) is 1.99.